The van der Waals surface area contributed by atoms with Crippen LogP contribution in [0.1, 0.15) is 22.5 Å². The van der Waals surface area contributed by atoms with E-state index in [4.69, 9.17) is 4.42 Å². The quantitative estimate of drug-likeness (QED) is 0.708. The molecule has 1 amide bonds. The van der Waals surface area contributed by atoms with E-state index in [1.165, 1.54) is 6.26 Å². The highest BCUT2D eigenvalue weighted by Crippen LogP contribution is 2.26. The first-order valence-corrected chi connectivity index (χ1v) is 10.4. The van der Waals surface area contributed by atoms with Gasteiger partial charge in [-0.1, -0.05) is 42.5 Å². The standard InChI is InChI=1S/C20H19NO4S/c22-20(19-9-4-11-25-19)21(17-10-12-26(23,24)14-17)13-16-7-3-6-15-5-1-2-8-18(15)16/h1-9,11,17H,10,12-14H2/t17-/m1/s1. The Balaban J connectivity index is 1.72. The first-order valence-electron chi connectivity index (χ1n) is 8.55. The van der Waals surface area contributed by atoms with Gasteiger partial charge in [0.1, 0.15) is 0 Å². The van der Waals surface area contributed by atoms with E-state index in [-0.39, 0.29) is 29.2 Å². The van der Waals surface area contributed by atoms with Gasteiger partial charge in [-0.15, -0.1) is 0 Å². The summed E-state index contributed by atoms with van der Waals surface area (Å²) in [7, 11) is -3.10. The van der Waals surface area contributed by atoms with E-state index >= 15 is 0 Å². The van der Waals surface area contributed by atoms with Crippen LogP contribution in [-0.2, 0) is 16.4 Å². The van der Waals surface area contributed by atoms with Gasteiger partial charge >= 0.3 is 0 Å². The number of hydrogen-bond acceptors (Lipinski definition) is 4. The number of amides is 1. The molecule has 2 heterocycles. The van der Waals surface area contributed by atoms with Crippen molar-refractivity contribution in [3.8, 4) is 0 Å². The average molecular weight is 369 g/mol. The number of furan rings is 1. The molecule has 5 nitrogen and oxygen atoms in total. The smallest absolute Gasteiger partial charge is 0.290 e. The van der Waals surface area contributed by atoms with Crippen LogP contribution in [0.5, 0.6) is 0 Å². The maximum absolute atomic E-state index is 13.0. The Morgan fingerprint density at radius 1 is 1.08 bits per heavy atom. The monoisotopic (exact) mass is 369 g/mol. The van der Waals surface area contributed by atoms with Crippen molar-refractivity contribution in [3.05, 3.63) is 72.2 Å². The van der Waals surface area contributed by atoms with Gasteiger partial charge in [0, 0.05) is 12.6 Å². The van der Waals surface area contributed by atoms with E-state index in [1.807, 2.05) is 42.5 Å². The summed E-state index contributed by atoms with van der Waals surface area (Å²) in [6.07, 6.45) is 1.91. The molecule has 1 aromatic heterocycles. The number of hydrogen-bond donors (Lipinski definition) is 0. The van der Waals surface area contributed by atoms with E-state index in [0.29, 0.717) is 13.0 Å². The van der Waals surface area contributed by atoms with Crippen molar-refractivity contribution in [1.29, 1.82) is 0 Å². The third-order valence-electron chi connectivity index (χ3n) is 4.86. The van der Waals surface area contributed by atoms with Crippen LogP contribution in [0.25, 0.3) is 10.8 Å². The second-order valence-electron chi connectivity index (χ2n) is 6.61. The Bertz CT molecular complexity index is 1040. The topological polar surface area (TPSA) is 67.6 Å². The second-order valence-corrected chi connectivity index (χ2v) is 8.83. The Hall–Kier alpha value is -2.60. The van der Waals surface area contributed by atoms with Crippen molar-refractivity contribution < 1.29 is 17.6 Å². The summed E-state index contributed by atoms with van der Waals surface area (Å²) in [5.74, 6) is 0.0823. The molecule has 1 saturated heterocycles. The molecule has 0 aliphatic carbocycles. The molecule has 4 rings (SSSR count). The lowest BCUT2D eigenvalue weighted by molar-refractivity contribution is 0.0649. The maximum Gasteiger partial charge on any atom is 0.290 e. The molecule has 0 saturated carbocycles. The highest BCUT2D eigenvalue weighted by Gasteiger charge is 2.36. The zero-order valence-electron chi connectivity index (χ0n) is 14.2. The SMILES string of the molecule is O=C(c1ccco1)N(Cc1cccc2ccccc12)[C@@H]1CCS(=O)(=O)C1. The van der Waals surface area contributed by atoms with Gasteiger partial charge in [0.15, 0.2) is 15.6 Å². The fraction of sp³-hybridized carbons (Fsp3) is 0.250. The van der Waals surface area contributed by atoms with Crippen molar-refractivity contribution in [2.45, 2.75) is 19.0 Å². The molecule has 1 atom stereocenters. The van der Waals surface area contributed by atoms with Crippen LogP contribution >= 0.6 is 0 Å². The normalized spacial score (nSPS) is 18.8. The Morgan fingerprint density at radius 3 is 2.62 bits per heavy atom. The minimum atomic E-state index is -3.10. The number of carbonyl (C=O) groups is 1. The lowest BCUT2D eigenvalue weighted by atomic mass is 10.0. The van der Waals surface area contributed by atoms with Gasteiger partial charge in [-0.25, -0.2) is 8.42 Å². The van der Waals surface area contributed by atoms with Crippen LogP contribution in [-0.4, -0.2) is 36.8 Å². The molecule has 0 N–H and O–H groups in total. The number of nitrogens with zero attached hydrogens (tertiary/aromatic N) is 1. The van der Waals surface area contributed by atoms with Gasteiger partial charge in [-0.3, -0.25) is 4.79 Å². The van der Waals surface area contributed by atoms with E-state index in [1.54, 1.807) is 17.0 Å². The van der Waals surface area contributed by atoms with Crippen molar-refractivity contribution in [2.24, 2.45) is 0 Å². The van der Waals surface area contributed by atoms with Gasteiger partial charge < -0.3 is 9.32 Å². The lowest BCUT2D eigenvalue weighted by Crippen LogP contribution is -2.40. The van der Waals surface area contributed by atoms with E-state index in [9.17, 15) is 13.2 Å². The molecule has 26 heavy (non-hydrogen) atoms. The largest absolute Gasteiger partial charge is 0.459 e. The highest BCUT2D eigenvalue weighted by molar-refractivity contribution is 7.91. The second kappa shape index (κ2) is 6.61. The zero-order chi connectivity index (χ0) is 18.1. The van der Waals surface area contributed by atoms with Gasteiger partial charge in [0.25, 0.3) is 5.91 Å². The number of sulfone groups is 1. The van der Waals surface area contributed by atoms with Crippen LogP contribution < -0.4 is 0 Å². The zero-order valence-corrected chi connectivity index (χ0v) is 15.0. The van der Waals surface area contributed by atoms with Gasteiger partial charge in [0.05, 0.1) is 17.8 Å². The number of fused-ring (bicyclic) bond motifs is 1. The number of rotatable bonds is 4. The minimum Gasteiger partial charge on any atom is -0.459 e. The summed E-state index contributed by atoms with van der Waals surface area (Å²) in [6.45, 7) is 0.348. The Kier molecular flexibility index (Phi) is 4.28. The van der Waals surface area contributed by atoms with Crippen LogP contribution in [0.2, 0.25) is 0 Å². The van der Waals surface area contributed by atoms with E-state index < -0.39 is 9.84 Å². The van der Waals surface area contributed by atoms with Crippen molar-refractivity contribution in [2.75, 3.05) is 11.5 Å². The van der Waals surface area contributed by atoms with Gasteiger partial charge in [-0.2, -0.15) is 0 Å². The Morgan fingerprint density at radius 2 is 1.88 bits per heavy atom. The summed E-state index contributed by atoms with van der Waals surface area (Å²) in [4.78, 5) is 14.6. The predicted octanol–water partition coefficient (Wildman–Crippen LogP) is 3.26. The number of carbonyl (C=O) groups excluding carboxylic acids is 1. The third kappa shape index (κ3) is 3.24. The molecule has 1 fully saturated rings. The first-order chi connectivity index (χ1) is 12.5. The molecule has 1 aliphatic rings. The van der Waals surface area contributed by atoms with Crippen LogP contribution in [0, 0.1) is 0 Å². The fourth-order valence-electron chi connectivity index (χ4n) is 3.54. The van der Waals surface area contributed by atoms with Crippen LogP contribution in [0.3, 0.4) is 0 Å². The molecular weight excluding hydrogens is 350 g/mol. The molecule has 3 aromatic rings. The van der Waals surface area contributed by atoms with Gasteiger partial charge in [-0.05, 0) is 34.9 Å². The predicted molar refractivity (Wildman–Crippen MR) is 99.6 cm³/mol. The van der Waals surface area contributed by atoms with Crippen molar-refractivity contribution in [3.63, 3.8) is 0 Å². The van der Waals surface area contributed by atoms with Crippen LogP contribution in [0.15, 0.2) is 65.3 Å². The molecule has 0 spiro atoms. The molecule has 134 valence electrons. The lowest BCUT2D eigenvalue weighted by Gasteiger charge is -2.28. The maximum atomic E-state index is 13.0. The highest BCUT2D eigenvalue weighted by atomic mass is 32.2. The average Bonchev–Trinajstić information content (AvgIpc) is 3.29. The third-order valence-corrected chi connectivity index (χ3v) is 6.61. The molecule has 1 aliphatic heterocycles. The fourth-order valence-corrected chi connectivity index (χ4v) is 5.27. The van der Waals surface area contributed by atoms with Crippen molar-refractivity contribution >= 4 is 26.5 Å². The molecule has 2 aromatic carbocycles. The summed E-state index contributed by atoms with van der Waals surface area (Å²) < 4.78 is 29.2. The van der Waals surface area contributed by atoms with Crippen molar-refractivity contribution in [1.82, 2.24) is 4.90 Å². The molecule has 0 bridgehead atoms. The Labute approximate surface area is 152 Å². The number of benzene rings is 2. The summed E-state index contributed by atoms with van der Waals surface area (Å²) >= 11 is 0. The molecule has 0 unspecified atom stereocenters. The van der Waals surface area contributed by atoms with E-state index in [0.717, 1.165) is 16.3 Å². The first kappa shape index (κ1) is 16.8. The van der Waals surface area contributed by atoms with E-state index in [2.05, 4.69) is 0 Å². The summed E-state index contributed by atoms with van der Waals surface area (Å²) in [5, 5.41) is 2.16. The minimum absolute atomic E-state index is 0.00418. The molecular formula is C20H19NO4S. The molecule has 6 heteroatoms. The summed E-state index contributed by atoms with van der Waals surface area (Å²) in [6, 6.07) is 16.9. The molecule has 0 radical (unpaired) electrons. The van der Waals surface area contributed by atoms with Crippen LogP contribution in [0.4, 0.5) is 0 Å². The summed E-state index contributed by atoms with van der Waals surface area (Å²) in [5.41, 5.74) is 0.993. The van der Waals surface area contributed by atoms with Gasteiger partial charge in [0.2, 0.25) is 0 Å².